The molecule has 0 fully saturated rings. The van der Waals surface area contributed by atoms with Crippen LogP contribution in [0.5, 0.6) is 0 Å². The summed E-state index contributed by atoms with van der Waals surface area (Å²) >= 11 is 5.52. The molecule has 0 amide bonds. The summed E-state index contributed by atoms with van der Waals surface area (Å²) in [6.07, 6.45) is 3.28. The Morgan fingerprint density at radius 2 is 1.17 bits per heavy atom. The Labute approximate surface area is 164 Å². The van der Waals surface area contributed by atoms with Crippen LogP contribution in [0, 0.1) is 19.4 Å². The number of rotatable bonds is 0. The molecule has 1 aliphatic rings. The molecule has 4 heteroatoms. The summed E-state index contributed by atoms with van der Waals surface area (Å²) in [5.41, 5.74) is 5.87. The average Bonchev–Trinajstić information content (AvgIpc) is 2.58. The fraction of sp³-hybridized carbons (Fsp3) is 0.368. The van der Waals surface area contributed by atoms with Gasteiger partial charge in [-0.05, 0) is 38.8 Å². The Morgan fingerprint density at radius 1 is 0.870 bits per heavy atom. The summed E-state index contributed by atoms with van der Waals surface area (Å²) in [5, 5.41) is 0.763. The molecule has 0 saturated heterocycles. The third kappa shape index (κ3) is 11.0. The molecule has 0 heterocycles. The predicted molar refractivity (Wildman–Crippen MR) is 102 cm³/mol. The average molecular weight is 532 g/mol. The number of benzene rings is 1. The van der Waals surface area contributed by atoms with Crippen LogP contribution in [0.1, 0.15) is 34.6 Å². The molecule has 0 aromatic heterocycles. The van der Waals surface area contributed by atoms with Crippen LogP contribution in [-0.2, 0) is 30.9 Å². The molecule has 0 spiro atoms. The van der Waals surface area contributed by atoms with Crippen LogP contribution in [0.2, 0.25) is 5.02 Å². The summed E-state index contributed by atoms with van der Waals surface area (Å²) in [6, 6.07) is 10.00. The molecule has 134 valence electrons. The van der Waals surface area contributed by atoms with E-state index in [2.05, 4.69) is 40.7 Å². The van der Waals surface area contributed by atoms with Gasteiger partial charge in [-0.1, -0.05) is 23.1 Å². The molecule has 0 saturated carbocycles. The summed E-state index contributed by atoms with van der Waals surface area (Å²) in [7, 11) is -0.611. The Bertz CT molecular complexity index is 508. The van der Waals surface area contributed by atoms with E-state index in [1.54, 1.807) is 36.8 Å². The maximum atomic E-state index is 9.56. The molecule has 1 aromatic carbocycles. The molecule has 1 aliphatic carbocycles. The van der Waals surface area contributed by atoms with Crippen molar-refractivity contribution in [2.24, 2.45) is 0 Å². The Hall–Kier alpha value is -0.211. The Morgan fingerprint density at radius 3 is 1.30 bits per heavy atom. The molecule has 0 bridgehead atoms. The van der Waals surface area contributed by atoms with Gasteiger partial charge in [-0.15, -0.1) is 11.6 Å². The van der Waals surface area contributed by atoms with E-state index in [0.29, 0.717) is 0 Å². The van der Waals surface area contributed by atoms with Gasteiger partial charge in [0.25, 0.3) is 0 Å². The molecule has 0 atom stereocenters. The van der Waals surface area contributed by atoms with Crippen molar-refractivity contribution >= 4 is 22.4 Å². The number of allylic oxidation sites excluding steroid dienone is 4. The summed E-state index contributed by atoms with van der Waals surface area (Å²) in [4.78, 5) is 0. The Kier molecular flexibility index (Phi) is 17.0. The van der Waals surface area contributed by atoms with Crippen molar-refractivity contribution in [2.75, 3.05) is 12.5 Å². The summed E-state index contributed by atoms with van der Waals surface area (Å²) in [5.74, 6) is 1.47. The second-order valence-electron chi connectivity index (χ2n) is 5.08. The summed E-state index contributed by atoms with van der Waals surface area (Å²) in [6.45, 7) is 11.0. The second kappa shape index (κ2) is 14.2. The third-order valence-electron chi connectivity index (χ3n) is 3.49. The topological polar surface area (TPSA) is 17.1 Å². The predicted octanol–water partition coefficient (Wildman–Crippen LogP) is 5.85. The standard InChI is InChI=1S/C10H15.C6H4Cl.C2H6OS.CH3.Ir/c1-6-7(2)9(4)10(5)8(6)3;7-6-4-2-1-3-5-6;1-4(2)3;;/h1-5H3;2-5H;1-2H3;1H3;/q;-1;;-1;. The second-order valence-corrected chi connectivity index (χ2v) is 7.00. The molecular weight excluding hydrogens is 504 g/mol. The van der Waals surface area contributed by atoms with Crippen molar-refractivity contribution < 1.29 is 24.3 Å². The first-order valence-corrected chi connectivity index (χ1v) is 9.09. The van der Waals surface area contributed by atoms with Crippen molar-refractivity contribution in [3.05, 3.63) is 71.0 Å². The van der Waals surface area contributed by atoms with Gasteiger partial charge in [0.05, 0.1) is 0 Å². The maximum Gasteiger partial charge on any atom is 0.0226 e. The smallest absolute Gasteiger partial charge is 0.0226 e. The molecule has 0 unspecified atom stereocenters. The third-order valence-corrected chi connectivity index (χ3v) is 3.74. The van der Waals surface area contributed by atoms with Gasteiger partial charge >= 0.3 is 0 Å². The number of hydrogen-bond acceptors (Lipinski definition) is 1. The van der Waals surface area contributed by atoms with Crippen molar-refractivity contribution in [2.45, 2.75) is 34.6 Å². The van der Waals surface area contributed by atoms with Gasteiger partial charge < -0.3 is 7.43 Å². The number of hydrogen-bond donors (Lipinski definition) is 0. The zero-order chi connectivity index (χ0) is 16.6. The van der Waals surface area contributed by atoms with Gasteiger partial charge in [0.15, 0.2) is 0 Å². The first-order valence-electron chi connectivity index (χ1n) is 6.74. The molecule has 2 rings (SSSR count). The fourth-order valence-electron chi connectivity index (χ4n) is 1.77. The largest absolute Gasteiger partial charge is 0.358 e. The van der Waals surface area contributed by atoms with Crippen LogP contribution in [0.3, 0.4) is 0 Å². The molecular formula is C19H28ClIrOS-2. The minimum Gasteiger partial charge on any atom is -0.358 e. The van der Waals surface area contributed by atoms with E-state index in [4.69, 9.17) is 11.6 Å². The van der Waals surface area contributed by atoms with Crippen LogP contribution < -0.4 is 0 Å². The van der Waals surface area contributed by atoms with E-state index in [1.165, 1.54) is 28.2 Å². The van der Waals surface area contributed by atoms with Crippen LogP contribution in [0.4, 0.5) is 0 Å². The minimum absolute atomic E-state index is 0. The molecule has 1 nitrogen and oxygen atoms in total. The minimum atomic E-state index is -0.611. The van der Waals surface area contributed by atoms with Crippen molar-refractivity contribution in [1.82, 2.24) is 0 Å². The van der Waals surface area contributed by atoms with Crippen LogP contribution >= 0.6 is 11.6 Å². The molecule has 23 heavy (non-hydrogen) atoms. The van der Waals surface area contributed by atoms with Crippen LogP contribution in [-0.4, -0.2) is 16.7 Å². The molecule has 2 radical (unpaired) electrons. The van der Waals surface area contributed by atoms with Crippen molar-refractivity contribution in [1.29, 1.82) is 0 Å². The monoisotopic (exact) mass is 532 g/mol. The quantitative estimate of drug-likeness (QED) is 0.384. The van der Waals surface area contributed by atoms with Gasteiger partial charge in [-0.2, -0.15) is 30.3 Å². The first kappa shape index (κ1) is 27.6. The zero-order valence-corrected chi connectivity index (χ0v) is 19.3. The number of halogens is 1. The van der Waals surface area contributed by atoms with E-state index in [-0.39, 0.29) is 27.5 Å². The SMILES string of the molecule is CS(C)=O.C[C]1C(C)=C(C)C(C)=C1C.Clc1cc[c-]cc1.[CH3-].[Ir]. The van der Waals surface area contributed by atoms with E-state index >= 15 is 0 Å². The van der Waals surface area contributed by atoms with Gasteiger partial charge in [0, 0.05) is 49.3 Å². The normalized spacial score (nSPS) is 13.4. The Balaban J connectivity index is -0.000000273. The fourth-order valence-corrected chi connectivity index (χ4v) is 1.90. The molecule has 0 N–H and O–H groups in total. The summed E-state index contributed by atoms with van der Waals surface area (Å²) < 4.78 is 9.56. The van der Waals surface area contributed by atoms with Crippen molar-refractivity contribution in [3.63, 3.8) is 0 Å². The molecule has 0 aliphatic heterocycles. The van der Waals surface area contributed by atoms with Gasteiger partial charge in [-0.25, -0.2) is 0 Å². The maximum absolute atomic E-state index is 9.56. The van der Waals surface area contributed by atoms with Crippen LogP contribution in [0.25, 0.3) is 0 Å². The van der Waals surface area contributed by atoms with E-state index in [9.17, 15) is 4.21 Å². The van der Waals surface area contributed by atoms with Gasteiger partial charge in [0.1, 0.15) is 0 Å². The van der Waals surface area contributed by atoms with Gasteiger partial charge in [0.2, 0.25) is 0 Å². The van der Waals surface area contributed by atoms with Crippen molar-refractivity contribution in [3.8, 4) is 0 Å². The van der Waals surface area contributed by atoms with E-state index in [1.807, 2.05) is 0 Å². The first-order chi connectivity index (χ1) is 9.68. The van der Waals surface area contributed by atoms with Gasteiger partial charge in [-0.3, -0.25) is 4.21 Å². The van der Waals surface area contributed by atoms with E-state index in [0.717, 1.165) is 5.02 Å². The molecule has 1 aromatic rings. The zero-order valence-electron chi connectivity index (χ0n) is 15.3. The van der Waals surface area contributed by atoms with Crippen LogP contribution in [0.15, 0.2) is 46.6 Å². The van der Waals surface area contributed by atoms with E-state index < -0.39 is 10.8 Å².